The maximum absolute atomic E-state index is 5.49. The first-order valence-electron chi connectivity index (χ1n) is 7.28. The molecular formula is C19H22O3. The van der Waals surface area contributed by atoms with Crippen molar-refractivity contribution in [2.45, 2.75) is 13.3 Å². The van der Waals surface area contributed by atoms with Gasteiger partial charge in [0, 0.05) is 5.56 Å². The molecule has 0 fully saturated rings. The number of methoxy groups -OCH3 is 3. The van der Waals surface area contributed by atoms with Crippen LogP contribution in [-0.2, 0) is 6.42 Å². The molecule has 2 aromatic rings. The van der Waals surface area contributed by atoms with Gasteiger partial charge in [0.05, 0.1) is 21.3 Å². The smallest absolute Gasteiger partial charge is 0.126 e. The summed E-state index contributed by atoms with van der Waals surface area (Å²) < 4.78 is 16.1. The first-order valence-corrected chi connectivity index (χ1v) is 7.28. The molecule has 0 bridgehead atoms. The molecule has 0 aromatic heterocycles. The van der Waals surface area contributed by atoms with E-state index in [0.29, 0.717) is 0 Å². The van der Waals surface area contributed by atoms with Crippen molar-refractivity contribution in [3.63, 3.8) is 0 Å². The SMILES string of the molecule is CCc1cc(OC)c(/C=C/c2ccc(OC)cc2)cc1OC. The van der Waals surface area contributed by atoms with E-state index in [0.717, 1.165) is 40.4 Å². The van der Waals surface area contributed by atoms with E-state index in [1.165, 1.54) is 0 Å². The van der Waals surface area contributed by atoms with Crippen LogP contribution < -0.4 is 14.2 Å². The van der Waals surface area contributed by atoms with E-state index >= 15 is 0 Å². The summed E-state index contributed by atoms with van der Waals surface area (Å²) in [5.41, 5.74) is 3.23. The van der Waals surface area contributed by atoms with Crippen LogP contribution in [0.2, 0.25) is 0 Å². The van der Waals surface area contributed by atoms with Gasteiger partial charge in [0.2, 0.25) is 0 Å². The van der Waals surface area contributed by atoms with Crippen molar-refractivity contribution in [3.8, 4) is 17.2 Å². The highest BCUT2D eigenvalue weighted by molar-refractivity contribution is 5.74. The predicted molar refractivity (Wildman–Crippen MR) is 90.8 cm³/mol. The third kappa shape index (κ3) is 3.61. The Kier molecular flexibility index (Phi) is 5.48. The van der Waals surface area contributed by atoms with Gasteiger partial charge in [0.25, 0.3) is 0 Å². The molecule has 0 N–H and O–H groups in total. The zero-order chi connectivity index (χ0) is 15.9. The van der Waals surface area contributed by atoms with Gasteiger partial charge in [-0.25, -0.2) is 0 Å². The molecule has 2 rings (SSSR count). The molecule has 0 aliphatic heterocycles. The lowest BCUT2D eigenvalue weighted by atomic mass is 10.1. The van der Waals surface area contributed by atoms with E-state index in [4.69, 9.17) is 14.2 Å². The van der Waals surface area contributed by atoms with E-state index in [1.54, 1.807) is 21.3 Å². The topological polar surface area (TPSA) is 27.7 Å². The van der Waals surface area contributed by atoms with E-state index in [1.807, 2.05) is 48.6 Å². The Hall–Kier alpha value is -2.42. The molecule has 0 unspecified atom stereocenters. The van der Waals surface area contributed by atoms with Gasteiger partial charge in [0.1, 0.15) is 17.2 Å². The minimum atomic E-state index is 0.849. The standard InChI is InChI=1S/C19H22O3/c1-5-15-12-19(22-4)16(13-18(15)21-3)9-6-14-7-10-17(20-2)11-8-14/h6-13H,5H2,1-4H3/b9-6+. The molecule has 2 aromatic carbocycles. The lowest BCUT2D eigenvalue weighted by Crippen LogP contribution is -1.95. The Morgan fingerprint density at radius 1 is 0.818 bits per heavy atom. The molecule has 22 heavy (non-hydrogen) atoms. The molecule has 0 aliphatic rings. The largest absolute Gasteiger partial charge is 0.497 e. The highest BCUT2D eigenvalue weighted by Gasteiger charge is 2.08. The van der Waals surface area contributed by atoms with E-state index in [9.17, 15) is 0 Å². The Morgan fingerprint density at radius 3 is 2.05 bits per heavy atom. The maximum atomic E-state index is 5.49. The third-order valence-electron chi connectivity index (χ3n) is 3.58. The number of aryl methyl sites for hydroxylation is 1. The number of ether oxygens (including phenoxy) is 3. The normalized spacial score (nSPS) is 10.7. The zero-order valence-electron chi connectivity index (χ0n) is 13.6. The lowest BCUT2D eigenvalue weighted by molar-refractivity contribution is 0.398. The average Bonchev–Trinajstić information content (AvgIpc) is 2.59. The second-order valence-corrected chi connectivity index (χ2v) is 4.87. The quantitative estimate of drug-likeness (QED) is 0.738. The van der Waals surface area contributed by atoms with Gasteiger partial charge in [-0.15, -0.1) is 0 Å². The molecule has 0 aliphatic carbocycles. The monoisotopic (exact) mass is 298 g/mol. The van der Waals surface area contributed by atoms with Crippen molar-refractivity contribution in [2.75, 3.05) is 21.3 Å². The van der Waals surface area contributed by atoms with Crippen molar-refractivity contribution in [1.29, 1.82) is 0 Å². The van der Waals surface area contributed by atoms with Crippen molar-refractivity contribution >= 4 is 12.2 Å². The number of hydrogen-bond donors (Lipinski definition) is 0. The number of rotatable bonds is 6. The first-order chi connectivity index (χ1) is 10.7. The van der Waals surface area contributed by atoms with Crippen molar-refractivity contribution < 1.29 is 14.2 Å². The van der Waals surface area contributed by atoms with Crippen LogP contribution >= 0.6 is 0 Å². The Morgan fingerprint density at radius 2 is 1.50 bits per heavy atom. The number of hydrogen-bond acceptors (Lipinski definition) is 3. The molecule has 0 saturated heterocycles. The van der Waals surface area contributed by atoms with E-state index < -0.39 is 0 Å². The van der Waals surface area contributed by atoms with Crippen LogP contribution in [-0.4, -0.2) is 21.3 Å². The minimum Gasteiger partial charge on any atom is -0.497 e. The molecule has 0 heterocycles. The van der Waals surface area contributed by atoms with Crippen LogP contribution in [0, 0.1) is 0 Å². The zero-order valence-corrected chi connectivity index (χ0v) is 13.6. The summed E-state index contributed by atoms with van der Waals surface area (Å²) in [5, 5.41) is 0. The summed E-state index contributed by atoms with van der Waals surface area (Å²) in [5.74, 6) is 2.59. The van der Waals surface area contributed by atoms with Gasteiger partial charge >= 0.3 is 0 Å². The first kappa shape index (κ1) is 16.0. The Bertz CT molecular complexity index is 642. The molecule has 0 atom stereocenters. The molecule has 3 nitrogen and oxygen atoms in total. The molecule has 0 amide bonds. The minimum absolute atomic E-state index is 0.849. The van der Waals surface area contributed by atoms with Gasteiger partial charge in [0.15, 0.2) is 0 Å². The fraction of sp³-hybridized carbons (Fsp3) is 0.263. The second-order valence-electron chi connectivity index (χ2n) is 4.87. The van der Waals surface area contributed by atoms with Gasteiger partial charge in [-0.05, 0) is 41.8 Å². The van der Waals surface area contributed by atoms with Gasteiger partial charge in [-0.1, -0.05) is 31.2 Å². The van der Waals surface area contributed by atoms with Crippen LogP contribution in [0.15, 0.2) is 36.4 Å². The summed E-state index contributed by atoms with van der Waals surface area (Å²) in [6.45, 7) is 2.10. The second kappa shape index (κ2) is 7.55. The molecule has 3 heteroatoms. The van der Waals surface area contributed by atoms with Crippen LogP contribution in [0.4, 0.5) is 0 Å². The highest BCUT2D eigenvalue weighted by atomic mass is 16.5. The molecule has 0 radical (unpaired) electrons. The van der Waals surface area contributed by atoms with Crippen LogP contribution in [0.3, 0.4) is 0 Å². The summed E-state index contributed by atoms with van der Waals surface area (Å²) in [4.78, 5) is 0. The molecule has 0 saturated carbocycles. The third-order valence-corrected chi connectivity index (χ3v) is 3.58. The summed E-state index contributed by atoms with van der Waals surface area (Å²) >= 11 is 0. The van der Waals surface area contributed by atoms with E-state index in [-0.39, 0.29) is 0 Å². The van der Waals surface area contributed by atoms with Crippen LogP contribution in [0.25, 0.3) is 12.2 Å². The maximum Gasteiger partial charge on any atom is 0.126 e. The van der Waals surface area contributed by atoms with Crippen molar-refractivity contribution in [2.24, 2.45) is 0 Å². The van der Waals surface area contributed by atoms with Gasteiger partial charge < -0.3 is 14.2 Å². The summed E-state index contributed by atoms with van der Waals surface area (Å²) in [6.07, 6.45) is 4.98. The highest BCUT2D eigenvalue weighted by Crippen LogP contribution is 2.30. The van der Waals surface area contributed by atoms with Crippen molar-refractivity contribution in [1.82, 2.24) is 0 Å². The molecule has 0 spiro atoms. The lowest BCUT2D eigenvalue weighted by Gasteiger charge is -2.12. The fourth-order valence-electron chi connectivity index (χ4n) is 2.29. The molecular weight excluding hydrogens is 276 g/mol. The van der Waals surface area contributed by atoms with E-state index in [2.05, 4.69) is 6.92 Å². The number of benzene rings is 2. The Balaban J connectivity index is 2.32. The van der Waals surface area contributed by atoms with Crippen LogP contribution in [0.1, 0.15) is 23.6 Å². The van der Waals surface area contributed by atoms with Crippen LogP contribution in [0.5, 0.6) is 17.2 Å². The Labute approximate surface area is 132 Å². The molecule has 116 valence electrons. The predicted octanol–water partition coefficient (Wildman–Crippen LogP) is 4.45. The summed E-state index contributed by atoms with van der Waals surface area (Å²) in [6, 6.07) is 12.0. The fourth-order valence-corrected chi connectivity index (χ4v) is 2.29. The summed E-state index contributed by atoms with van der Waals surface area (Å²) in [7, 11) is 5.04. The van der Waals surface area contributed by atoms with Gasteiger partial charge in [-0.2, -0.15) is 0 Å². The van der Waals surface area contributed by atoms with Gasteiger partial charge in [-0.3, -0.25) is 0 Å². The van der Waals surface area contributed by atoms with Crippen molar-refractivity contribution in [3.05, 3.63) is 53.1 Å². The average molecular weight is 298 g/mol.